The zero-order chi connectivity index (χ0) is 17.3. The van der Waals surface area contributed by atoms with Crippen molar-refractivity contribution in [1.82, 2.24) is 5.43 Å². The van der Waals surface area contributed by atoms with E-state index in [4.69, 9.17) is 5.11 Å². The Morgan fingerprint density at radius 1 is 1.04 bits per heavy atom. The molecule has 2 aromatic carbocycles. The smallest absolute Gasteiger partial charge is 0.335 e. The van der Waals surface area contributed by atoms with Gasteiger partial charge in [-0.25, -0.2) is 9.80 Å². The molecule has 7 heteroatoms. The molecule has 0 unspecified atom stereocenters. The average Bonchev–Trinajstić information content (AvgIpc) is 2.84. The topological polar surface area (TPSA) is 86.7 Å². The van der Waals surface area contributed by atoms with Gasteiger partial charge in [0.15, 0.2) is 0 Å². The predicted molar refractivity (Wildman–Crippen MR) is 96.2 cm³/mol. The number of nitrogens with zero attached hydrogens (tertiary/aromatic N) is 1. The van der Waals surface area contributed by atoms with Gasteiger partial charge in [-0.15, -0.1) is 0 Å². The average molecular weight is 434 g/mol. The van der Waals surface area contributed by atoms with Gasteiger partial charge < -0.3 is 5.11 Å². The maximum atomic E-state index is 12.5. The van der Waals surface area contributed by atoms with Gasteiger partial charge in [-0.05, 0) is 70.6 Å². The lowest BCUT2D eigenvalue weighted by atomic mass is 10.1. The van der Waals surface area contributed by atoms with Gasteiger partial charge in [0, 0.05) is 3.57 Å². The molecule has 6 nitrogen and oxygen atoms in total. The van der Waals surface area contributed by atoms with Crippen molar-refractivity contribution >= 4 is 52.1 Å². The summed E-state index contributed by atoms with van der Waals surface area (Å²) < 4.78 is 1.02. The van der Waals surface area contributed by atoms with E-state index in [0.717, 1.165) is 3.57 Å². The van der Waals surface area contributed by atoms with Crippen LogP contribution in [0.15, 0.2) is 54.1 Å². The first-order valence-corrected chi connectivity index (χ1v) is 7.99. The standard InChI is InChI=1S/C17H11IN2O4/c18-12-5-7-13(8-6-12)20-16(22)14(15(21)19-20)9-10-1-3-11(4-2-10)17(23)24/h1-9H,(H,19,21)(H,23,24). The molecule has 0 aliphatic carbocycles. The van der Waals surface area contributed by atoms with Crippen molar-refractivity contribution in [2.75, 3.05) is 5.01 Å². The van der Waals surface area contributed by atoms with Crippen molar-refractivity contribution in [2.24, 2.45) is 0 Å². The zero-order valence-corrected chi connectivity index (χ0v) is 14.4. The molecule has 120 valence electrons. The Balaban J connectivity index is 1.88. The number of nitrogens with one attached hydrogen (secondary N) is 1. The van der Waals surface area contributed by atoms with Gasteiger partial charge in [-0.3, -0.25) is 15.0 Å². The number of aromatic carboxylic acids is 1. The number of carbonyl (C=O) groups is 3. The minimum atomic E-state index is -1.03. The highest BCUT2D eigenvalue weighted by Gasteiger charge is 2.34. The van der Waals surface area contributed by atoms with Crippen LogP contribution in [0.4, 0.5) is 5.69 Å². The minimum absolute atomic E-state index is 0.00312. The molecular formula is C17H11IN2O4. The summed E-state index contributed by atoms with van der Waals surface area (Å²) >= 11 is 2.15. The van der Waals surface area contributed by atoms with Crippen LogP contribution in [0.3, 0.4) is 0 Å². The molecular weight excluding hydrogens is 423 g/mol. The monoisotopic (exact) mass is 434 g/mol. The largest absolute Gasteiger partial charge is 0.478 e. The van der Waals surface area contributed by atoms with Gasteiger partial charge in [0.05, 0.1) is 11.3 Å². The molecule has 1 aliphatic rings. The highest BCUT2D eigenvalue weighted by molar-refractivity contribution is 14.1. The third-order valence-electron chi connectivity index (χ3n) is 3.44. The normalized spacial score (nSPS) is 15.7. The highest BCUT2D eigenvalue weighted by atomic mass is 127. The number of carboxylic acid groups (broad SMARTS) is 1. The van der Waals surface area contributed by atoms with Crippen molar-refractivity contribution in [2.45, 2.75) is 0 Å². The van der Waals surface area contributed by atoms with Crippen LogP contribution in [-0.2, 0) is 9.59 Å². The SMILES string of the molecule is O=C1NN(c2ccc(I)cc2)C(=O)C1=Cc1ccc(C(=O)O)cc1. The van der Waals surface area contributed by atoms with Crippen LogP contribution in [0.5, 0.6) is 0 Å². The Hall–Kier alpha value is -2.68. The Morgan fingerprint density at radius 3 is 2.25 bits per heavy atom. The van der Waals surface area contributed by atoms with E-state index in [1.807, 2.05) is 12.1 Å². The van der Waals surface area contributed by atoms with Crippen LogP contribution in [0.1, 0.15) is 15.9 Å². The number of anilines is 1. The lowest BCUT2D eigenvalue weighted by molar-refractivity contribution is -0.117. The summed E-state index contributed by atoms with van der Waals surface area (Å²) in [6.07, 6.45) is 1.44. The summed E-state index contributed by atoms with van der Waals surface area (Å²) in [6, 6.07) is 13.1. The highest BCUT2D eigenvalue weighted by Crippen LogP contribution is 2.22. The molecule has 0 radical (unpaired) electrons. The van der Waals surface area contributed by atoms with Crippen LogP contribution < -0.4 is 10.4 Å². The third-order valence-corrected chi connectivity index (χ3v) is 4.16. The van der Waals surface area contributed by atoms with Crippen molar-refractivity contribution in [1.29, 1.82) is 0 Å². The van der Waals surface area contributed by atoms with E-state index in [1.54, 1.807) is 24.3 Å². The maximum Gasteiger partial charge on any atom is 0.335 e. The molecule has 0 spiro atoms. The number of rotatable bonds is 3. The fourth-order valence-corrected chi connectivity index (χ4v) is 2.58. The number of carboxylic acids is 1. The molecule has 2 amide bonds. The molecule has 3 rings (SSSR count). The number of carbonyl (C=O) groups excluding carboxylic acids is 2. The van der Waals surface area contributed by atoms with E-state index in [2.05, 4.69) is 28.0 Å². The Morgan fingerprint density at radius 2 is 1.67 bits per heavy atom. The van der Waals surface area contributed by atoms with Crippen LogP contribution in [0, 0.1) is 3.57 Å². The van der Waals surface area contributed by atoms with E-state index in [0.29, 0.717) is 11.3 Å². The molecule has 1 saturated heterocycles. The molecule has 2 N–H and O–H groups in total. The number of amides is 2. The first-order chi connectivity index (χ1) is 11.5. The van der Waals surface area contributed by atoms with E-state index < -0.39 is 17.8 Å². The van der Waals surface area contributed by atoms with E-state index in [9.17, 15) is 14.4 Å². The van der Waals surface area contributed by atoms with Crippen LogP contribution in [0.25, 0.3) is 6.08 Å². The van der Waals surface area contributed by atoms with Crippen LogP contribution in [0.2, 0.25) is 0 Å². The molecule has 1 fully saturated rings. The molecule has 0 atom stereocenters. The number of benzene rings is 2. The van der Waals surface area contributed by atoms with E-state index in [1.165, 1.54) is 23.2 Å². The fourth-order valence-electron chi connectivity index (χ4n) is 2.22. The number of halogens is 1. The van der Waals surface area contributed by atoms with E-state index >= 15 is 0 Å². The maximum absolute atomic E-state index is 12.5. The fraction of sp³-hybridized carbons (Fsp3) is 0. The molecule has 24 heavy (non-hydrogen) atoms. The lowest BCUT2D eigenvalue weighted by Crippen LogP contribution is -2.35. The first-order valence-electron chi connectivity index (χ1n) is 6.92. The third kappa shape index (κ3) is 3.16. The molecule has 0 saturated carbocycles. The summed E-state index contributed by atoms with van der Waals surface area (Å²) in [5.41, 5.74) is 3.80. The summed E-state index contributed by atoms with van der Waals surface area (Å²) in [4.78, 5) is 35.4. The second-order valence-electron chi connectivity index (χ2n) is 5.04. The van der Waals surface area contributed by atoms with Crippen LogP contribution >= 0.6 is 22.6 Å². The minimum Gasteiger partial charge on any atom is -0.478 e. The van der Waals surface area contributed by atoms with Gasteiger partial charge in [0.25, 0.3) is 11.8 Å². The molecule has 1 aliphatic heterocycles. The predicted octanol–water partition coefficient (Wildman–Crippen LogP) is 2.45. The summed E-state index contributed by atoms with van der Waals surface area (Å²) in [7, 11) is 0. The Kier molecular flexibility index (Phi) is 4.34. The zero-order valence-electron chi connectivity index (χ0n) is 12.2. The van der Waals surface area contributed by atoms with Gasteiger partial charge in [-0.1, -0.05) is 12.1 Å². The summed E-state index contributed by atoms with van der Waals surface area (Å²) in [5.74, 6) is -1.99. The summed E-state index contributed by atoms with van der Waals surface area (Å²) in [6.45, 7) is 0. The molecule has 0 bridgehead atoms. The van der Waals surface area contributed by atoms with Crippen LogP contribution in [-0.4, -0.2) is 22.9 Å². The number of hydrogen-bond acceptors (Lipinski definition) is 3. The molecule has 0 aromatic heterocycles. The molecule has 1 heterocycles. The van der Waals surface area contributed by atoms with Gasteiger partial charge in [-0.2, -0.15) is 0 Å². The number of hydrogen-bond donors (Lipinski definition) is 2. The Bertz CT molecular complexity index is 857. The second kappa shape index (κ2) is 6.44. The second-order valence-corrected chi connectivity index (χ2v) is 6.29. The van der Waals surface area contributed by atoms with Crippen molar-refractivity contribution in [3.8, 4) is 0 Å². The molecule has 2 aromatic rings. The van der Waals surface area contributed by atoms with Gasteiger partial charge in [0.1, 0.15) is 5.57 Å². The van der Waals surface area contributed by atoms with Crippen molar-refractivity contribution < 1.29 is 19.5 Å². The lowest BCUT2D eigenvalue weighted by Gasteiger charge is -2.14. The van der Waals surface area contributed by atoms with Crippen molar-refractivity contribution in [3.05, 3.63) is 68.8 Å². The summed E-state index contributed by atoms with van der Waals surface area (Å²) in [5, 5.41) is 10.1. The van der Waals surface area contributed by atoms with E-state index in [-0.39, 0.29) is 11.1 Å². The Labute approximate surface area is 150 Å². The number of hydrazine groups is 1. The first kappa shape index (κ1) is 16.2. The van der Waals surface area contributed by atoms with Crippen molar-refractivity contribution in [3.63, 3.8) is 0 Å². The van der Waals surface area contributed by atoms with Gasteiger partial charge in [0.2, 0.25) is 0 Å². The quantitative estimate of drug-likeness (QED) is 0.442. The van der Waals surface area contributed by atoms with Gasteiger partial charge >= 0.3 is 5.97 Å².